The Morgan fingerprint density at radius 3 is 1.94 bits per heavy atom. The summed E-state index contributed by atoms with van der Waals surface area (Å²) in [4.78, 5) is 2.67. The van der Waals surface area contributed by atoms with Gasteiger partial charge < -0.3 is 5.73 Å². The molecule has 2 saturated carbocycles. The molecular weight excluding hydrogens is 220 g/mol. The molecule has 0 radical (unpaired) electrons. The van der Waals surface area contributed by atoms with E-state index in [-0.39, 0.29) is 0 Å². The van der Waals surface area contributed by atoms with Crippen LogP contribution in [0, 0.1) is 5.92 Å². The van der Waals surface area contributed by atoms with Crippen LogP contribution in [0.4, 0.5) is 0 Å². The van der Waals surface area contributed by atoms with Gasteiger partial charge in [-0.15, -0.1) is 0 Å². The van der Waals surface area contributed by atoms with Gasteiger partial charge in [0.2, 0.25) is 0 Å². The Bertz CT molecular complexity index is 215. The third kappa shape index (κ3) is 3.71. The van der Waals surface area contributed by atoms with Crippen LogP contribution in [0.2, 0.25) is 0 Å². The fourth-order valence-electron chi connectivity index (χ4n) is 4.15. The smallest absolute Gasteiger partial charge is 0.0246 e. The van der Waals surface area contributed by atoms with Gasteiger partial charge in [-0.2, -0.15) is 0 Å². The summed E-state index contributed by atoms with van der Waals surface area (Å²) >= 11 is 0. The SMILES string of the molecule is CN(C1CCCCCC1)C(CN)C1CCCCC1. The molecule has 0 amide bonds. The monoisotopic (exact) mass is 252 g/mol. The molecule has 0 saturated heterocycles. The lowest BCUT2D eigenvalue weighted by Crippen LogP contribution is -2.48. The summed E-state index contributed by atoms with van der Waals surface area (Å²) in [5.41, 5.74) is 6.11. The van der Waals surface area contributed by atoms with E-state index in [0.717, 1.165) is 18.5 Å². The average Bonchev–Trinajstić information content (AvgIpc) is 2.69. The molecule has 0 heterocycles. The van der Waals surface area contributed by atoms with E-state index in [1.54, 1.807) is 0 Å². The second kappa shape index (κ2) is 7.49. The zero-order valence-electron chi connectivity index (χ0n) is 12.2. The van der Waals surface area contributed by atoms with Gasteiger partial charge in [-0.25, -0.2) is 0 Å². The maximum Gasteiger partial charge on any atom is 0.0246 e. The Balaban J connectivity index is 1.92. The molecule has 0 spiro atoms. The van der Waals surface area contributed by atoms with Crippen LogP contribution < -0.4 is 5.73 Å². The van der Waals surface area contributed by atoms with E-state index in [9.17, 15) is 0 Å². The average molecular weight is 252 g/mol. The Labute approximate surface area is 113 Å². The third-order valence-electron chi connectivity index (χ3n) is 5.36. The number of nitrogens with two attached hydrogens (primary N) is 1. The molecule has 2 heteroatoms. The van der Waals surface area contributed by atoms with Crippen molar-refractivity contribution in [1.82, 2.24) is 4.90 Å². The third-order valence-corrected chi connectivity index (χ3v) is 5.36. The lowest BCUT2D eigenvalue weighted by atomic mass is 9.82. The number of hydrogen-bond donors (Lipinski definition) is 1. The first kappa shape index (κ1) is 14.3. The van der Waals surface area contributed by atoms with Gasteiger partial charge in [0, 0.05) is 18.6 Å². The summed E-state index contributed by atoms with van der Waals surface area (Å²) in [6.07, 6.45) is 15.7. The first-order chi connectivity index (χ1) is 8.83. The van der Waals surface area contributed by atoms with Gasteiger partial charge >= 0.3 is 0 Å². The molecule has 0 aromatic rings. The maximum absolute atomic E-state index is 6.11. The summed E-state index contributed by atoms with van der Waals surface area (Å²) in [5.74, 6) is 0.872. The van der Waals surface area contributed by atoms with Crippen LogP contribution in [0.1, 0.15) is 70.6 Å². The van der Waals surface area contributed by atoms with Crippen molar-refractivity contribution >= 4 is 0 Å². The van der Waals surface area contributed by atoms with Crippen molar-refractivity contribution in [3.63, 3.8) is 0 Å². The van der Waals surface area contributed by atoms with Crippen molar-refractivity contribution in [3.05, 3.63) is 0 Å². The molecule has 1 unspecified atom stereocenters. The summed E-state index contributed by atoms with van der Waals surface area (Å²) in [6.45, 7) is 0.859. The van der Waals surface area contributed by atoms with Crippen LogP contribution in [0.25, 0.3) is 0 Å². The molecular formula is C16H32N2. The van der Waals surface area contributed by atoms with Crippen molar-refractivity contribution in [1.29, 1.82) is 0 Å². The van der Waals surface area contributed by atoms with E-state index in [0.29, 0.717) is 6.04 Å². The highest BCUT2D eigenvalue weighted by atomic mass is 15.2. The molecule has 0 aromatic heterocycles. The predicted molar refractivity (Wildman–Crippen MR) is 78.7 cm³/mol. The van der Waals surface area contributed by atoms with E-state index >= 15 is 0 Å². The van der Waals surface area contributed by atoms with Gasteiger partial charge in [0.05, 0.1) is 0 Å². The minimum absolute atomic E-state index is 0.647. The van der Waals surface area contributed by atoms with Crippen LogP contribution >= 0.6 is 0 Å². The Hall–Kier alpha value is -0.0800. The molecule has 0 aromatic carbocycles. The fraction of sp³-hybridized carbons (Fsp3) is 1.00. The number of likely N-dealkylation sites (N-methyl/N-ethyl adjacent to an activating group) is 1. The normalized spacial score (nSPS) is 26.2. The summed E-state index contributed by atoms with van der Waals surface area (Å²) in [7, 11) is 2.35. The van der Waals surface area contributed by atoms with Gasteiger partial charge in [-0.1, -0.05) is 44.9 Å². The number of nitrogens with zero attached hydrogens (tertiary/aromatic N) is 1. The van der Waals surface area contributed by atoms with Gasteiger partial charge in [0.1, 0.15) is 0 Å². The largest absolute Gasteiger partial charge is 0.329 e. The highest BCUT2D eigenvalue weighted by Gasteiger charge is 2.29. The van der Waals surface area contributed by atoms with Crippen molar-refractivity contribution < 1.29 is 0 Å². The Morgan fingerprint density at radius 1 is 0.889 bits per heavy atom. The van der Waals surface area contributed by atoms with Crippen LogP contribution in [0.5, 0.6) is 0 Å². The quantitative estimate of drug-likeness (QED) is 0.775. The standard InChI is InChI=1S/C16H32N2/c1-18(15-11-7-2-3-8-12-15)16(13-17)14-9-5-4-6-10-14/h14-16H,2-13,17H2,1H3. The van der Waals surface area contributed by atoms with E-state index in [1.807, 2.05) is 0 Å². The first-order valence-corrected chi connectivity index (χ1v) is 8.25. The van der Waals surface area contributed by atoms with Gasteiger partial charge in [0.25, 0.3) is 0 Å². The van der Waals surface area contributed by atoms with Crippen molar-refractivity contribution in [3.8, 4) is 0 Å². The summed E-state index contributed by atoms with van der Waals surface area (Å²) < 4.78 is 0. The highest BCUT2D eigenvalue weighted by Crippen LogP contribution is 2.31. The lowest BCUT2D eigenvalue weighted by Gasteiger charge is -2.40. The zero-order valence-corrected chi connectivity index (χ0v) is 12.2. The van der Waals surface area contributed by atoms with Crippen molar-refractivity contribution in [2.45, 2.75) is 82.7 Å². The minimum atomic E-state index is 0.647. The Morgan fingerprint density at radius 2 is 1.39 bits per heavy atom. The molecule has 2 fully saturated rings. The maximum atomic E-state index is 6.11. The van der Waals surface area contributed by atoms with E-state index < -0.39 is 0 Å². The van der Waals surface area contributed by atoms with E-state index in [1.165, 1.54) is 70.6 Å². The van der Waals surface area contributed by atoms with Gasteiger partial charge in [0.15, 0.2) is 0 Å². The molecule has 18 heavy (non-hydrogen) atoms. The topological polar surface area (TPSA) is 29.3 Å². The molecule has 2 aliphatic carbocycles. The molecule has 0 aliphatic heterocycles. The molecule has 106 valence electrons. The summed E-state index contributed by atoms with van der Waals surface area (Å²) in [5, 5.41) is 0. The molecule has 2 rings (SSSR count). The zero-order chi connectivity index (χ0) is 12.8. The summed E-state index contributed by atoms with van der Waals surface area (Å²) in [6, 6.07) is 1.45. The van der Waals surface area contributed by atoms with Crippen molar-refractivity contribution in [2.75, 3.05) is 13.6 Å². The number of rotatable bonds is 4. The lowest BCUT2D eigenvalue weighted by molar-refractivity contribution is 0.0980. The van der Waals surface area contributed by atoms with Gasteiger partial charge in [-0.3, -0.25) is 4.90 Å². The second-order valence-electron chi connectivity index (χ2n) is 6.51. The van der Waals surface area contributed by atoms with Crippen molar-refractivity contribution in [2.24, 2.45) is 11.7 Å². The Kier molecular flexibility index (Phi) is 5.97. The number of hydrogen-bond acceptors (Lipinski definition) is 2. The van der Waals surface area contributed by atoms with Crippen LogP contribution in [0.3, 0.4) is 0 Å². The molecule has 0 bridgehead atoms. The molecule has 2 N–H and O–H groups in total. The van der Waals surface area contributed by atoms with E-state index in [4.69, 9.17) is 5.73 Å². The highest BCUT2D eigenvalue weighted by molar-refractivity contribution is 4.85. The second-order valence-corrected chi connectivity index (χ2v) is 6.51. The fourth-order valence-corrected chi connectivity index (χ4v) is 4.15. The van der Waals surface area contributed by atoms with E-state index in [2.05, 4.69) is 11.9 Å². The first-order valence-electron chi connectivity index (χ1n) is 8.25. The van der Waals surface area contributed by atoms with Gasteiger partial charge in [-0.05, 0) is 38.6 Å². The minimum Gasteiger partial charge on any atom is -0.329 e. The van der Waals surface area contributed by atoms with Crippen LogP contribution in [-0.4, -0.2) is 30.6 Å². The van der Waals surface area contributed by atoms with Crippen LogP contribution in [0.15, 0.2) is 0 Å². The molecule has 2 aliphatic rings. The molecule has 2 nitrogen and oxygen atoms in total. The predicted octanol–water partition coefficient (Wildman–Crippen LogP) is 3.55. The van der Waals surface area contributed by atoms with Crippen LogP contribution in [-0.2, 0) is 0 Å². The molecule has 1 atom stereocenters.